The fourth-order valence-electron chi connectivity index (χ4n) is 2.45. The van der Waals surface area contributed by atoms with Gasteiger partial charge < -0.3 is 10.1 Å². The summed E-state index contributed by atoms with van der Waals surface area (Å²) in [5.74, 6) is -1.37. The van der Waals surface area contributed by atoms with Crippen molar-refractivity contribution in [3.8, 4) is 0 Å². The predicted molar refractivity (Wildman–Crippen MR) is 99.7 cm³/mol. The standard InChI is InChI=1S/C20H16FN3O4/c1-28-20(27)14-4-8-16(9-5-14)22-19(26)17-10-11-18(25)24(23-17)12-13-2-6-15(21)7-3-13/h2-11H,12H2,1H3,(H,22,26). The summed E-state index contributed by atoms with van der Waals surface area (Å²) in [5, 5.41) is 6.71. The van der Waals surface area contributed by atoms with Crippen molar-refractivity contribution in [2.24, 2.45) is 0 Å². The molecule has 0 unspecified atom stereocenters. The lowest BCUT2D eigenvalue weighted by atomic mass is 10.2. The zero-order valence-electron chi connectivity index (χ0n) is 14.9. The Morgan fingerprint density at radius 1 is 1.04 bits per heavy atom. The minimum atomic E-state index is -0.515. The van der Waals surface area contributed by atoms with Crippen molar-refractivity contribution in [3.05, 3.63) is 93.7 Å². The van der Waals surface area contributed by atoms with E-state index in [2.05, 4.69) is 15.2 Å². The molecular weight excluding hydrogens is 365 g/mol. The number of aromatic nitrogens is 2. The summed E-state index contributed by atoms with van der Waals surface area (Å²) < 4.78 is 18.8. The molecule has 2 aromatic carbocycles. The Morgan fingerprint density at radius 2 is 1.71 bits per heavy atom. The van der Waals surface area contributed by atoms with Crippen LogP contribution in [-0.2, 0) is 11.3 Å². The number of hydrogen-bond acceptors (Lipinski definition) is 5. The Morgan fingerprint density at radius 3 is 2.36 bits per heavy atom. The average molecular weight is 381 g/mol. The summed E-state index contributed by atoms with van der Waals surface area (Å²) in [4.78, 5) is 35.9. The lowest BCUT2D eigenvalue weighted by Gasteiger charge is -2.08. The fraction of sp³-hybridized carbons (Fsp3) is 0.100. The van der Waals surface area contributed by atoms with E-state index in [0.717, 1.165) is 4.68 Å². The minimum Gasteiger partial charge on any atom is -0.465 e. The number of halogens is 1. The van der Waals surface area contributed by atoms with Gasteiger partial charge in [0.1, 0.15) is 11.5 Å². The van der Waals surface area contributed by atoms with Crippen LogP contribution in [0.15, 0.2) is 65.5 Å². The molecule has 28 heavy (non-hydrogen) atoms. The van der Waals surface area contributed by atoms with Crippen molar-refractivity contribution >= 4 is 17.6 Å². The van der Waals surface area contributed by atoms with E-state index in [1.54, 1.807) is 24.3 Å². The highest BCUT2D eigenvalue weighted by atomic mass is 19.1. The summed E-state index contributed by atoms with van der Waals surface area (Å²) in [5.41, 5.74) is 1.14. The number of anilines is 1. The van der Waals surface area contributed by atoms with Crippen LogP contribution in [0, 0.1) is 5.82 Å². The number of benzene rings is 2. The van der Waals surface area contributed by atoms with Crippen LogP contribution >= 0.6 is 0 Å². The van der Waals surface area contributed by atoms with Crippen LogP contribution in [0.2, 0.25) is 0 Å². The number of nitrogens with one attached hydrogen (secondary N) is 1. The molecule has 0 fully saturated rings. The normalized spacial score (nSPS) is 10.4. The highest BCUT2D eigenvalue weighted by molar-refractivity contribution is 6.03. The predicted octanol–water partition coefficient (Wildman–Crippen LogP) is 2.47. The number of carbonyl (C=O) groups is 2. The summed E-state index contributed by atoms with van der Waals surface area (Å²) in [6.45, 7) is 0.105. The van der Waals surface area contributed by atoms with Crippen molar-refractivity contribution in [1.29, 1.82) is 0 Å². The molecule has 1 amide bonds. The Balaban J connectivity index is 1.76. The van der Waals surface area contributed by atoms with E-state index in [4.69, 9.17) is 0 Å². The molecule has 0 bridgehead atoms. The number of esters is 1. The molecule has 1 heterocycles. The molecular formula is C20H16FN3O4. The smallest absolute Gasteiger partial charge is 0.337 e. The number of hydrogen-bond donors (Lipinski definition) is 1. The number of nitrogens with zero attached hydrogens (tertiary/aromatic N) is 2. The van der Waals surface area contributed by atoms with E-state index < -0.39 is 11.9 Å². The molecule has 0 radical (unpaired) electrons. The Bertz CT molecular complexity index is 1060. The van der Waals surface area contributed by atoms with E-state index in [1.165, 1.54) is 43.5 Å². The zero-order chi connectivity index (χ0) is 20.1. The molecule has 7 nitrogen and oxygen atoms in total. The maximum Gasteiger partial charge on any atom is 0.337 e. The average Bonchev–Trinajstić information content (AvgIpc) is 2.71. The van der Waals surface area contributed by atoms with Gasteiger partial charge in [-0.05, 0) is 48.0 Å². The molecule has 142 valence electrons. The van der Waals surface area contributed by atoms with Crippen molar-refractivity contribution in [2.75, 3.05) is 12.4 Å². The first kappa shape index (κ1) is 19.0. The van der Waals surface area contributed by atoms with Crippen molar-refractivity contribution in [3.63, 3.8) is 0 Å². The number of carbonyl (C=O) groups excluding carboxylic acids is 2. The topological polar surface area (TPSA) is 90.3 Å². The van der Waals surface area contributed by atoms with Crippen molar-refractivity contribution in [2.45, 2.75) is 6.54 Å². The van der Waals surface area contributed by atoms with E-state index >= 15 is 0 Å². The monoisotopic (exact) mass is 381 g/mol. The molecule has 0 saturated heterocycles. The van der Waals surface area contributed by atoms with Gasteiger partial charge in [-0.2, -0.15) is 5.10 Å². The fourth-order valence-corrected chi connectivity index (χ4v) is 2.45. The van der Waals surface area contributed by atoms with Gasteiger partial charge in [-0.1, -0.05) is 12.1 Å². The second kappa shape index (κ2) is 8.26. The van der Waals surface area contributed by atoms with E-state index in [9.17, 15) is 18.8 Å². The van der Waals surface area contributed by atoms with Crippen LogP contribution < -0.4 is 10.9 Å². The summed E-state index contributed by atoms with van der Waals surface area (Å²) in [6.07, 6.45) is 0. The molecule has 0 aliphatic carbocycles. The van der Waals surface area contributed by atoms with Gasteiger partial charge in [0.15, 0.2) is 0 Å². The van der Waals surface area contributed by atoms with Gasteiger partial charge in [-0.15, -0.1) is 0 Å². The molecule has 0 aliphatic rings. The van der Waals surface area contributed by atoms with Gasteiger partial charge in [0.25, 0.3) is 11.5 Å². The molecule has 8 heteroatoms. The van der Waals surface area contributed by atoms with Crippen molar-refractivity contribution in [1.82, 2.24) is 9.78 Å². The van der Waals surface area contributed by atoms with Crippen LogP contribution in [0.1, 0.15) is 26.4 Å². The minimum absolute atomic E-state index is 0.0405. The quantitative estimate of drug-likeness (QED) is 0.686. The third-order valence-corrected chi connectivity index (χ3v) is 3.91. The second-order valence-corrected chi connectivity index (χ2v) is 5.86. The molecule has 0 spiro atoms. The molecule has 0 saturated carbocycles. The Hall–Kier alpha value is -3.81. The maximum absolute atomic E-state index is 13.0. The molecule has 1 aromatic heterocycles. The van der Waals surface area contributed by atoms with Gasteiger partial charge >= 0.3 is 5.97 Å². The Kier molecular flexibility index (Phi) is 5.59. The number of amides is 1. The van der Waals surface area contributed by atoms with Gasteiger partial charge in [0.2, 0.25) is 0 Å². The van der Waals surface area contributed by atoms with E-state index in [-0.39, 0.29) is 23.6 Å². The van der Waals surface area contributed by atoms with Crippen LogP contribution in [-0.4, -0.2) is 28.8 Å². The van der Waals surface area contributed by atoms with Gasteiger partial charge in [-0.3, -0.25) is 9.59 Å². The molecule has 1 N–H and O–H groups in total. The molecule has 0 atom stereocenters. The molecule has 0 aliphatic heterocycles. The highest BCUT2D eigenvalue weighted by Crippen LogP contribution is 2.11. The SMILES string of the molecule is COC(=O)c1ccc(NC(=O)c2ccc(=O)n(Cc3ccc(F)cc3)n2)cc1. The Labute approximate surface area is 159 Å². The summed E-state index contributed by atoms with van der Waals surface area (Å²) in [7, 11) is 1.28. The molecule has 3 rings (SSSR count). The number of ether oxygens (including phenoxy) is 1. The summed E-state index contributed by atoms with van der Waals surface area (Å²) >= 11 is 0. The number of rotatable bonds is 5. The summed E-state index contributed by atoms with van der Waals surface area (Å²) in [6, 6.07) is 14.4. The zero-order valence-corrected chi connectivity index (χ0v) is 14.9. The first-order valence-electron chi connectivity index (χ1n) is 8.28. The lowest BCUT2D eigenvalue weighted by Crippen LogP contribution is -2.26. The third kappa shape index (κ3) is 4.47. The van der Waals surface area contributed by atoms with Crippen LogP contribution in [0.25, 0.3) is 0 Å². The second-order valence-electron chi connectivity index (χ2n) is 5.86. The lowest BCUT2D eigenvalue weighted by molar-refractivity contribution is 0.0600. The van der Waals surface area contributed by atoms with Gasteiger partial charge in [-0.25, -0.2) is 13.9 Å². The first-order valence-corrected chi connectivity index (χ1v) is 8.28. The first-order chi connectivity index (χ1) is 13.5. The van der Waals surface area contributed by atoms with E-state index in [0.29, 0.717) is 16.8 Å². The highest BCUT2D eigenvalue weighted by Gasteiger charge is 2.11. The molecule has 3 aromatic rings. The largest absolute Gasteiger partial charge is 0.465 e. The van der Waals surface area contributed by atoms with Crippen LogP contribution in [0.3, 0.4) is 0 Å². The van der Waals surface area contributed by atoms with Crippen molar-refractivity contribution < 1.29 is 18.7 Å². The van der Waals surface area contributed by atoms with E-state index in [1.807, 2.05) is 0 Å². The number of methoxy groups -OCH3 is 1. The van der Waals surface area contributed by atoms with Crippen LogP contribution in [0.4, 0.5) is 10.1 Å². The van der Waals surface area contributed by atoms with Gasteiger partial charge in [0.05, 0.1) is 19.2 Å². The maximum atomic E-state index is 13.0. The van der Waals surface area contributed by atoms with Crippen LogP contribution in [0.5, 0.6) is 0 Å². The third-order valence-electron chi connectivity index (χ3n) is 3.91. The van der Waals surface area contributed by atoms with Gasteiger partial charge in [0, 0.05) is 11.8 Å².